The van der Waals surface area contributed by atoms with Gasteiger partial charge in [0.1, 0.15) is 0 Å². The molecular weight excluding hydrogens is 252 g/mol. The Morgan fingerprint density at radius 3 is 2.56 bits per heavy atom. The molecule has 0 aliphatic carbocycles. The van der Waals surface area contributed by atoms with Gasteiger partial charge < -0.3 is 0 Å². The first-order chi connectivity index (χ1) is 8.70. The van der Waals surface area contributed by atoms with E-state index in [1.54, 1.807) is 36.5 Å². The number of carbonyl (C=O) groups is 2. The van der Waals surface area contributed by atoms with Crippen LogP contribution in [0.2, 0.25) is 5.02 Å². The quantitative estimate of drug-likeness (QED) is 0.739. The van der Waals surface area contributed by atoms with Crippen molar-refractivity contribution in [3.8, 4) is 0 Å². The highest BCUT2D eigenvalue weighted by atomic mass is 35.5. The van der Waals surface area contributed by atoms with Crippen LogP contribution < -0.4 is 4.90 Å². The van der Waals surface area contributed by atoms with Crippen molar-refractivity contribution in [1.82, 2.24) is 4.98 Å². The fourth-order valence-electron chi connectivity index (χ4n) is 1.96. The second-order valence-corrected chi connectivity index (χ2v) is 4.23. The minimum absolute atomic E-state index is 0.257. The molecule has 0 saturated carbocycles. The summed E-state index contributed by atoms with van der Waals surface area (Å²) in [7, 11) is 0. The topological polar surface area (TPSA) is 50.3 Å². The Hall–Kier alpha value is -2.20. The predicted molar refractivity (Wildman–Crippen MR) is 66.8 cm³/mol. The van der Waals surface area contributed by atoms with Crippen molar-refractivity contribution >= 4 is 29.1 Å². The number of imide groups is 1. The van der Waals surface area contributed by atoms with E-state index in [1.807, 2.05) is 0 Å². The van der Waals surface area contributed by atoms with Gasteiger partial charge in [0.05, 0.1) is 28.0 Å². The molecule has 0 saturated heterocycles. The van der Waals surface area contributed by atoms with Gasteiger partial charge in [-0.3, -0.25) is 14.6 Å². The van der Waals surface area contributed by atoms with Crippen molar-refractivity contribution in [2.45, 2.75) is 0 Å². The number of rotatable bonds is 1. The highest BCUT2D eigenvalue weighted by Gasteiger charge is 2.38. The van der Waals surface area contributed by atoms with Crippen LogP contribution in [0, 0.1) is 0 Å². The Balaban J connectivity index is 2.17. The summed E-state index contributed by atoms with van der Waals surface area (Å²) in [6.07, 6.45) is 3.05. The van der Waals surface area contributed by atoms with Crippen molar-refractivity contribution in [3.05, 3.63) is 58.9 Å². The lowest BCUT2D eigenvalue weighted by atomic mass is 10.1. The molecule has 5 heteroatoms. The van der Waals surface area contributed by atoms with Crippen LogP contribution >= 0.6 is 11.6 Å². The summed E-state index contributed by atoms with van der Waals surface area (Å²) in [6, 6.07) is 8.16. The molecule has 2 amide bonds. The zero-order chi connectivity index (χ0) is 12.7. The zero-order valence-electron chi connectivity index (χ0n) is 9.13. The predicted octanol–water partition coefficient (Wildman–Crippen LogP) is 2.54. The van der Waals surface area contributed by atoms with Crippen LogP contribution in [0.15, 0.2) is 42.7 Å². The van der Waals surface area contributed by atoms with Crippen molar-refractivity contribution in [2.24, 2.45) is 0 Å². The Morgan fingerprint density at radius 2 is 1.89 bits per heavy atom. The van der Waals surface area contributed by atoms with E-state index < -0.39 is 5.91 Å². The van der Waals surface area contributed by atoms with Gasteiger partial charge >= 0.3 is 0 Å². The van der Waals surface area contributed by atoms with Gasteiger partial charge in [-0.2, -0.15) is 0 Å². The Bertz CT molecular complexity index is 655. The molecule has 0 unspecified atom stereocenters. The highest BCUT2D eigenvalue weighted by molar-refractivity contribution is 6.42. The number of nitrogens with zero attached hydrogens (tertiary/aromatic N) is 2. The smallest absolute Gasteiger partial charge is 0.267 e. The number of pyridine rings is 1. The lowest BCUT2D eigenvalue weighted by Crippen LogP contribution is -2.29. The third-order valence-corrected chi connectivity index (χ3v) is 3.08. The molecule has 0 bridgehead atoms. The van der Waals surface area contributed by atoms with Gasteiger partial charge in [-0.05, 0) is 24.3 Å². The first-order valence-electron chi connectivity index (χ1n) is 5.27. The summed E-state index contributed by atoms with van der Waals surface area (Å²) in [5.41, 5.74) is 1.03. The molecule has 0 radical (unpaired) electrons. The zero-order valence-corrected chi connectivity index (χ0v) is 9.89. The van der Waals surface area contributed by atoms with Crippen LogP contribution in [0.1, 0.15) is 20.7 Å². The number of fused-ring (bicyclic) bond motifs is 1. The van der Waals surface area contributed by atoms with Crippen molar-refractivity contribution in [2.75, 3.05) is 4.90 Å². The number of anilines is 1. The fraction of sp³-hybridized carbons (Fsp3) is 0. The molecule has 1 aromatic heterocycles. The van der Waals surface area contributed by atoms with E-state index in [0.29, 0.717) is 11.3 Å². The van der Waals surface area contributed by atoms with Crippen molar-refractivity contribution in [3.63, 3.8) is 0 Å². The van der Waals surface area contributed by atoms with Crippen LogP contribution in [0.4, 0.5) is 5.69 Å². The van der Waals surface area contributed by atoms with Crippen LogP contribution in [0.25, 0.3) is 0 Å². The molecule has 18 heavy (non-hydrogen) atoms. The second-order valence-electron chi connectivity index (χ2n) is 3.82. The van der Waals surface area contributed by atoms with Crippen LogP contribution in [0.5, 0.6) is 0 Å². The number of carbonyl (C=O) groups excluding carboxylic acids is 2. The van der Waals surface area contributed by atoms with Crippen molar-refractivity contribution < 1.29 is 9.59 Å². The van der Waals surface area contributed by atoms with E-state index in [-0.39, 0.29) is 16.5 Å². The number of hydrogen-bond donors (Lipinski definition) is 0. The lowest BCUT2D eigenvalue weighted by Gasteiger charge is -2.12. The van der Waals surface area contributed by atoms with E-state index in [9.17, 15) is 9.59 Å². The molecule has 1 aromatic carbocycles. The van der Waals surface area contributed by atoms with Crippen LogP contribution in [-0.4, -0.2) is 16.8 Å². The SMILES string of the molecule is O=C1c2cccc(Cl)c2C(=O)N1c1cccnc1. The Labute approximate surface area is 108 Å². The van der Waals surface area contributed by atoms with Gasteiger partial charge in [0.15, 0.2) is 0 Å². The first kappa shape index (κ1) is 10.9. The summed E-state index contributed by atoms with van der Waals surface area (Å²) >= 11 is 5.97. The summed E-state index contributed by atoms with van der Waals surface area (Å²) in [5.74, 6) is -0.779. The maximum absolute atomic E-state index is 12.2. The average Bonchev–Trinajstić information content (AvgIpc) is 2.64. The maximum atomic E-state index is 12.2. The number of hydrogen-bond acceptors (Lipinski definition) is 3. The lowest BCUT2D eigenvalue weighted by molar-refractivity contribution is 0.0926. The summed E-state index contributed by atoms with van der Waals surface area (Å²) in [5, 5.41) is 0.289. The normalized spacial score (nSPS) is 13.9. The highest BCUT2D eigenvalue weighted by Crippen LogP contribution is 2.31. The van der Waals surface area contributed by atoms with Gasteiger partial charge in [-0.25, -0.2) is 4.90 Å². The molecule has 1 aliphatic heterocycles. The number of aromatic nitrogens is 1. The molecular formula is C13H7ClN2O2. The summed E-state index contributed by atoms with van der Waals surface area (Å²) in [6.45, 7) is 0. The van der Waals surface area contributed by atoms with Crippen LogP contribution in [0.3, 0.4) is 0 Å². The van der Waals surface area contributed by atoms with Gasteiger partial charge in [0, 0.05) is 6.20 Å². The molecule has 0 N–H and O–H groups in total. The molecule has 3 rings (SSSR count). The molecule has 2 aromatic rings. The van der Waals surface area contributed by atoms with Crippen LogP contribution in [-0.2, 0) is 0 Å². The second kappa shape index (κ2) is 3.92. The third kappa shape index (κ3) is 1.43. The first-order valence-corrected chi connectivity index (χ1v) is 5.65. The fourth-order valence-corrected chi connectivity index (χ4v) is 2.22. The molecule has 88 valence electrons. The molecule has 2 heterocycles. The maximum Gasteiger partial charge on any atom is 0.267 e. The number of benzene rings is 1. The standard InChI is InChI=1S/C13H7ClN2O2/c14-10-5-1-4-9-11(10)13(18)16(12(9)17)8-3-2-6-15-7-8/h1-7H. The van der Waals surface area contributed by atoms with Gasteiger partial charge in [0.25, 0.3) is 11.8 Å². The molecule has 0 spiro atoms. The van der Waals surface area contributed by atoms with Gasteiger partial charge in [-0.15, -0.1) is 0 Å². The molecule has 0 atom stereocenters. The number of halogens is 1. The van der Waals surface area contributed by atoms with E-state index in [1.165, 1.54) is 6.20 Å². The Kier molecular flexibility index (Phi) is 2.38. The summed E-state index contributed by atoms with van der Waals surface area (Å²) in [4.78, 5) is 29.4. The molecule has 1 aliphatic rings. The number of amides is 2. The third-order valence-electron chi connectivity index (χ3n) is 2.77. The average molecular weight is 259 g/mol. The minimum Gasteiger partial charge on any atom is -0.268 e. The molecule has 4 nitrogen and oxygen atoms in total. The molecule has 0 fully saturated rings. The van der Waals surface area contributed by atoms with E-state index in [4.69, 9.17) is 11.6 Å². The van der Waals surface area contributed by atoms with Crippen molar-refractivity contribution in [1.29, 1.82) is 0 Å². The van der Waals surface area contributed by atoms with E-state index >= 15 is 0 Å². The van der Waals surface area contributed by atoms with E-state index in [0.717, 1.165) is 4.90 Å². The van der Waals surface area contributed by atoms with E-state index in [2.05, 4.69) is 4.98 Å². The Morgan fingerprint density at radius 1 is 1.06 bits per heavy atom. The summed E-state index contributed by atoms with van der Waals surface area (Å²) < 4.78 is 0. The largest absolute Gasteiger partial charge is 0.268 e. The monoisotopic (exact) mass is 258 g/mol. The van der Waals surface area contributed by atoms with Gasteiger partial charge in [0.2, 0.25) is 0 Å². The van der Waals surface area contributed by atoms with Gasteiger partial charge in [-0.1, -0.05) is 17.7 Å². The minimum atomic E-state index is -0.409.